The molecule has 1 atom stereocenters. The first-order valence-corrected chi connectivity index (χ1v) is 8.24. The Morgan fingerprint density at radius 2 is 2.04 bits per heavy atom. The van der Waals surface area contributed by atoms with Gasteiger partial charge < -0.3 is 10.2 Å². The van der Waals surface area contributed by atoms with Crippen LogP contribution in [-0.2, 0) is 12.8 Å². The quantitative estimate of drug-likeness (QED) is 0.753. The number of rotatable bonds is 2. The van der Waals surface area contributed by atoms with Crippen molar-refractivity contribution in [1.29, 1.82) is 0 Å². The second-order valence-corrected chi connectivity index (χ2v) is 6.61. The smallest absolute Gasteiger partial charge is 0.194 e. The van der Waals surface area contributed by atoms with Gasteiger partial charge >= 0.3 is 0 Å². The molecule has 0 saturated carbocycles. The lowest BCUT2D eigenvalue weighted by Gasteiger charge is -2.21. The maximum Gasteiger partial charge on any atom is 0.194 e. The summed E-state index contributed by atoms with van der Waals surface area (Å²) in [7, 11) is 0. The standard InChI is InChI=1S/C17H15Cl2N3O/c18-14-9-22(21-17(14)15-5-6-16(19)23-15)13-4-2-10-7-12(20)3-1-11(10)8-13/h2,4-6,8-9,12H,1,3,7,20H2/t12-/m0/s1. The van der Waals surface area contributed by atoms with E-state index in [1.807, 2.05) is 6.07 Å². The maximum atomic E-state index is 6.30. The van der Waals surface area contributed by atoms with Crippen LogP contribution in [0.15, 0.2) is 40.9 Å². The Hall–Kier alpha value is -1.75. The van der Waals surface area contributed by atoms with Gasteiger partial charge in [-0.25, -0.2) is 4.68 Å². The van der Waals surface area contributed by atoms with E-state index in [0.717, 1.165) is 24.9 Å². The molecule has 1 aliphatic carbocycles. The van der Waals surface area contributed by atoms with Crippen LogP contribution in [0.1, 0.15) is 17.5 Å². The number of hydrogen-bond donors (Lipinski definition) is 1. The van der Waals surface area contributed by atoms with Crippen molar-refractivity contribution in [3.8, 4) is 17.1 Å². The fourth-order valence-electron chi connectivity index (χ4n) is 3.01. The van der Waals surface area contributed by atoms with Crippen LogP contribution in [-0.4, -0.2) is 15.8 Å². The zero-order valence-electron chi connectivity index (χ0n) is 12.3. The summed E-state index contributed by atoms with van der Waals surface area (Å²) >= 11 is 12.1. The van der Waals surface area contributed by atoms with Crippen LogP contribution in [0.25, 0.3) is 17.1 Å². The lowest BCUT2D eigenvalue weighted by atomic mass is 9.88. The largest absolute Gasteiger partial charge is 0.443 e. The van der Waals surface area contributed by atoms with Crippen LogP contribution < -0.4 is 5.73 Å². The molecule has 1 aromatic carbocycles. The van der Waals surface area contributed by atoms with Crippen LogP contribution in [0.3, 0.4) is 0 Å². The third kappa shape index (κ3) is 2.78. The van der Waals surface area contributed by atoms with Crippen molar-refractivity contribution in [2.75, 3.05) is 0 Å². The van der Waals surface area contributed by atoms with E-state index in [1.165, 1.54) is 11.1 Å². The Kier molecular flexibility index (Phi) is 3.68. The first kappa shape index (κ1) is 14.8. The summed E-state index contributed by atoms with van der Waals surface area (Å²) in [6, 6.07) is 10.0. The Morgan fingerprint density at radius 3 is 2.83 bits per heavy atom. The fraction of sp³-hybridized carbons (Fsp3) is 0.235. The minimum absolute atomic E-state index is 0.266. The predicted octanol–water partition coefficient (Wildman–Crippen LogP) is 4.26. The highest BCUT2D eigenvalue weighted by Crippen LogP contribution is 2.31. The highest BCUT2D eigenvalue weighted by Gasteiger charge is 2.18. The first-order valence-electron chi connectivity index (χ1n) is 7.49. The van der Waals surface area contributed by atoms with Crippen molar-refractivity contribution in [2.45, 2.75) is 25.3 Å². The zero-order valence-corrected chi connectivity index (χ0v) is 13.8. The number of nitrogens with two attached hydrogens (primary N) is 1. The predicted molar refractivity (Wildman–Crippen MR) is 91.3 cm³/mol. The molecule has 2 heterocycles. The van der Waals surface area contributed by atoms with Gasteiger partial charge in [-0.15, -0.1) is 0 Å². The van der Waals surface area contributed by atoms with E-state index in [4.69, 9.17) is 33.4 Å². The molecule has 6 heteroatoms. The summed E-state index contributed by atoms with van der Waals surface area (Å²) in [6.07, 6.45) is 4.74. The molecule has 0 bridgehead atoms. The molecule has 0 amide bonds. The zero-order chi connectivity index (χ0) is 16.0. The number of halogens is 2. The highest BCUT2D eigenvalue weighted by molar-refractivity contribution is 6.33. The van der Waals surface area contributed by atoms with E-state index in [0.29, 0.717) is 21.7 Å². The topological polar surface area (TPSA) is 57.0 Å². The Balaban J connectivity index is 1.71. The summed E-state index contributed by atoms with van der Waals surface area (Å²) in [4.78, 5) is 0. The molecule has 0 unspecified atom stereocenters. The maximum absolute atomic E-state index is 6.30. The van der Waals surface area contributed by atoms with Gasteiger partial charge in [-0.1, -0.05) is 17.7 Å². The molecule has 2 N–H and O–H groups in total. The molecular weight excluding hydrogens is 333 g/mol. The fourth-order valence-corrected chi connectivity index (χ4v) is 3.38. The summed E-state index contributed by atoms with van der Waals surface area (Å²) in [5.41, 5.74) is 10.2. The van der Waals surface area contributed by atoms with Gasteiger partial charge in [0.2, 0.25) is 0 Å². The average Bonchev–Trinajstić information content (AvgIpc) is 3.12. The Bertz CT molecular complexity index is 869. The van der Waals surface area contributed by atoms with Gasteiger partial charge in [-0.05, 0) is 66.3 Å². The number of aryl methyl sites for hydroxylation is 1. The van der Waals surface area contributed by atoms with E-state index in [2.05, 4.69) is 17.2 Å². The summed E-state index contributed by atoms with van der Waals surface area (Å²) in [6.45, 7) is 0. The number of furan rings is 1. The van der Waals surface area contributed by atoms with Crippen molar-refractivity contribution in [1.82, 2.24) is 9.78 Å². The molecule has 118 valence electrons. The van der Waals surface area contributed by atoms with E-state index in [-0.39, 0.29) is 6.04 Å². The molecule has 0 radical (unpaired) electrons. The molecular formula is C17H15Cl2N3O. The van der Waals surface area contributed by atoms with Crippen LogP contribution in [0, 0.1) is 0 Å². The van der Waals surface area contributed by atoms with Crippen LogP contribution in [0.4, 0.5) is 0 Å². The number of fused-ring (bicyclic) bond motifs is 1. The molecule has 0 spiro atoms. The van der Waals surface area contributed by atoms with Gasteiger partial charge in [0.25, 0.3) is 0 Å². The molecule has 23 heavy (non-hydrogen) atoms. The normalized spacial score (nSPS) is 17.3. The Labute approximate surface area is 143 Å². The van der Waals surface area contributed by atoms with Crippen molar-refractivity contribution < 1.29 is 4.42 Å². The molecule has 4 nitrogen and oxygen atoms in total. The summed E-state index contributed by atoms with van der Waals surface area (Å²) in [5, 5.41) is 5.37. The van der Waals surface area contributed by atoms with E-state index >= 15 is 0 Å². The van der Waals surface area contributed by atoms with Crippen molar-refractivity contribution in [3.63, 3.8) is 0 Å². The van der Waals surface area contributed by atoms with Crippen molar-refractivity contribution in [3.05, 3.63) is 57.9 Å². The number of nitrogens with zero attached hydrogens (tertiary/aromatic N) is 2. The monoisotopic (exact) mass is 347 g/mol. The lowest BCUT2D eigenvalue weighted by molar-refractivity contribution is 0.575. The molecule has 0 aliphatic heterocycles. The average molecular weight is 348 g/mol. The third-order valence-electron chi connectivity index (χ3n) is 4.20. The summed E-state index contributed by atoms with van der Waals surface area (Å²) < 4.78 is 7.16. The minimum Gasteiger partial charge on any atom is -0.443 e. The lowest BCUT2D eigenvalue weighted by Crippen LogP contribution is -2.27. The van der Waals surface area contributed by atoms with Gasteiger partial charge in [0.15, 0.2) is 11.0 Å². The number of aromatic nitrogens is 2. The van der Waals surface area contributed by atoms with Gasteiger partial charge in [0.05, 0.1) is 16.9 Å². The number of hydrogen-bond acceptors (Lipinski definition) is 3. The van der Waals surface area contributed by atoms with Crippen molar-refractivity contribution >= 4 is 23.2 Å². The Morgan fingerprint density at radius 1 is 1.17 bits per heavy atom. The van der Waals surface area contributed by atoms with E-state index in [1.54, 1.807) is 23.0 Å². The van der Waals surface area contributed by atoms with Gasteiger partial charge in [-0.3, -0.25) is 0 Å². The molecule has 4 rings (SSSR count). The van der Waals surface area contributed by atoms with E-state index < -0.39 is 0 Å². The van der Waals surface area contributed by atoms with Crippen LogP contribution in [0.5, 0.6) is 0 Å². The van der Waals surface area contributed by atoms with Gasteiger partial charge in [0.1, 0.15) is 5.69 Å². The van der Waals surface area contributed by atoms with Crippen molar-refractivity contribution in [2.24, 2.45) is 5.73 Å². The second kappa shape index (κ2) is 5.71. The van der Waals surface area contributed by atoms with Crippen LogP contribution >= 0.6 is 23.2 Å². The number of benzene rings is 1. The highest BCUT2D eigenvalue weighted by atomic mass is 35.5. The molecule has 0 fully saturated rings. The summed E-state index contributed by atoms with van der Waals surface area (Å²) in [5.74, 6) is 0.558. The molecule has 2 aromatic heterocycles. The first-order chi connectivity index (χ1) is 11.1. The molecule has 3 aromatic rings. The third-order valence-corrected chi connectivity index (χ3v) is 4.68. The SMILES string of the molecule is N[C@H]1CCc2cc(-n3cc(Cl)c(-c4ccc(Cl)o4)n3)ccc2C1. The molecule has 1 aliphatic rings. The second-order valence-electron chi connectivity index (χ2n) is 5.83. The van der Waals surface area contributed by atoms with E-state index in [9.17, 15) is 0 Å². The van der Waals surface area contributed by atoms with Crippen LogP contribution in [0.2, 0.25) is 10.2 Å². The van der Waals surface area contributed by atoms with Gasteiger partial charge in [-0.2, -0.15) is 5.10 Å². The van der Waals surface area contributed by atoms with Gasteiger partial charge in [0, 0.05) is 6.04 Å². The minimum atomic E-state index is 0.266. The molecule has 0 saturated heterocycles.